The monoisotopic (exact) mass is 338 g/mol. The van der Waals surface area contributed by atoms with Gasteiger partial charge in [0.05, 0.1) is 0 Å². The average molecular weight is 338 g/mol. The zero-order valence-electron chi connectivity index (χ0n) is 12.7. The topological polar surface area (TPSA) is 17.1 Å². The Balaban J connectivity index is 2.32. The van der Waals surface area contributed by atoms with Crippen molar-refractivity contribution in [2.45, 2.75) is 0 Å². The van der Waals surface area contributed by atoms with Gasteiger partial charge in [-0.05, 0) is 0 Å². The summed E-state index contributed by atoms with van der Waals surface area (Å²) in [6.07, 6.45) is 0.453. The van der Waals surface area contributed by atoms with Crippen LogP contribution in [-0.2, 0) is 4.79 Å². The van der Waals surface area contributed by atoms with Gasteiger partial charge in [0.1, 0.15) is 0 Å². The fourth-order valence-electron chi connectivity index (χ4n) is 3.20. The standard InChI is InChI=1S/C20H19OPS/c21-20(23)16-22(17-10-4-1-5-11-17,18-12-6-2-7-13-18)19-14-8-3-9-15-19/h1-15,22H,16H2,(H,21,23). The van der Waals surface area contributed by atoms with E-state index < -0.39 is 7.26 Å². The molecule has 0 fully saturated rings. The second kappa shape index (κ2) is 7.12. The van der Waals surface area contributed by atoms with Gasteiger partial charge in [-0.2, -0.15) is 0 Å². The van der Waals surface area contributed by atoms with Gasteiger partial charge in [-0.15, -0.1) is 0 Å². The van der Waals surface area contributed by atoms with Crippen LogP contribution in [0.5, 0.6) is 0 Å². The Labute approximate surface area is 143 Å². The fourth-order valence-corrected chi connectivity index (χ4v) is 8.26. The van der Waals surface area contributed by atoms with E-state index >= 15 is 0 Å². The van der Waals surface area contributed by atoms with Gasteiger partial charge in [0.2, 0.25) is 0 Å². The summed E-state index contributed by atoms with van der Waals surface area (Å²) in [7, 11) is -2.41. The van der Waals surface area contributed by atoms with Gasteiger partial charge < -0.3 is 0 Å². The normalized spacial score (nSPS) is 11.9. The third-order valence-electron chi connectivity index (χ3n) is 4.22. The predicted octanol–water partition coefficient (Wildman–Crippen LogP) is 3.17. The quantitative estimate of drug-likeness (QED) is 0.559. The molecule has 3 aromatic rings. The van der Waals surface area contributed by atoms with E-state index in [1.807, 2.05) is 54.6 Å². The second-order valence-corrected chi connectivity index (χ2v) is 9.97. The van der Waals surface area contributed by atoms with Gasteiger partial charge in [0.15, 0.2) is 0 Å². The molecule has 3 heteroatoms. The molecule has 0 heterocycles. The Kier molecular flexibility index (Phi) is 4.95. The molecule has 0 aliphatic carbocycles. The van der Waals surface area contributed by atoms with Gasteiger partial charge >= 0.3 is 143 Å². The number of hydrogen-bond donors (Lipinski definition) is 1. The molecule has 0 N–H and O–H groups in total. The van der Waals surface area contributed by atoms with Crippen LogP contribution < -0.4 is 15.9 Å². The zero-order valence-corrected chi connectivity index (χ0v) is 14.6. The number of hydrogen-bond acceptors (Lipinski definition) is 1. The van der Waals surface area contributed by atoms with Gasteiger partial charge in [-0.1, -0.05) is 0 Å². The van der Waals surface area contributed by atoms with Crippen molar-refractivity contribution in [2.75, 3.05) is 6.16 Å². The Morgan fingerprint density at radius 2 is 0.957 bits per heavy atom. The molecule has 0 aromatic heterocycles. The Morgan fingerprint density at radius 1 is 0.652 bits per heavy atom. The third-order valence-corrected chi connectivity index (χ3v) is 9.48. The summed E-state index contributed by atoms with van der Waals surface area (Å²) < 4.78 is 0. The van der Waals surface area contributed by atoms with Crippen LogP contribution in [0.3, 0.4) is 0 Å². The zero-order chi connectivity index (χ0) is 16.1. The van der Waals surface area contributed by atoms with Crippen LogP contribution in [0.1, 0.15) is 0 Å². The molecule has 0 saturated heterocycles. The number of carbonyl (C=O) groups excluding carboxylic acids is 1. The van der Waals surface area contributed by atoms with Gasteiger partial charge in [0.25, 0.3) is 0 Å². The van der Waals surface area contributed by atoms with Crippen molar-refractivity contribution >= 4 is 40.9 Å². The van der Waals surface area contributed by atoms with Crippen LogP contribution >= 0.6 is 19.9 Å². The molecule has 0 saturated carbocycles. The molecular formula is C20H19OPS. The molecule has 116 valence electrons. The first-order valence-corrected chi connectivity index (χ1v) is 10.3. The van der Waals surface area contributed by atoms with Crippen LogP contribution in [-0.4, -0.2) is 11.3 Å². The first-order chi connectivity index (χ1) is 11.2. The fraction of sp³-hybridized carbons (Fsp3) is 0.0500. The van der Waals surface area contributed by atoms with Gasteiger partial charge in [0, 0.05) is 0 Å². The molecule has 3 rings (SSSR count). The molecule has 3 aromatic carbocycles. The first-order valence-electron chi connectivity index (χ1n) is 7.62. The summed E-state index contributed by atoms with van der Waals surface area (Å²) in [6.45, 7) is 0. The Morgan fingerprint density at radius 3 is 1.22 bits per heavy atom. The molecule has 23 heavy (non-hydrogen) atoms. The number of carbonyl (C=O) groups is 1. The summed E-state index contributed by atoms with van der Waals surface area (Å²) in [4.78, 5) is 12.1. The minimum atomic E-state index is -2.41. The van der Waals surface area contributed by atoms with E-state index in [0.717, 1.165) is 0 Å². The van der Waals surface area contributed by atoms with E-state index in [9.17, 15) is 4.79 Å². The van der Waals surface area contributed by atoms with Crippen molar-refractivity contribution in [3.63, 3.8) is 0 Å². The summed E-state index contributed by atoms with van der Waals surface area (Å²) in [5.74, 6) is 0. The Hall–Kier alpha value is -1.89. The molecular weight excluding hydrogens is 319 g/mol. The van der Waals surface area contributed by atoms with Crippen molar-refractivity contribution in [1.29, 1.82) is 0 Å². The van der Waals surface area contributed by atoms with Crippen molar-refractivity contribution in [3.05, 3.63) is 91.0 Å². The molecule has 0 amide bonds. The SMILES string of the molecule is O=C(S)C[PH](c1ccccc1)(c1ccccc1)c1ccccc1. The van der Waals surface area contributed by atoms with E-state index in [-0.39, 0.29) is 5.12 Å². The van der Waals surface area contributed by atoms with Gasteiger partial charge in [-0.3, -0.25) is 0 Å². The molecule has 0 aliphatic rings. The molecule has 0 aliphatic heterocycles. The van der Waals surface area contributed by atoms with Crippen LogP contribution in [0.2, 0.25) is 0 Å². The van der Waals surface area contributed by atoms with E-state index in [1.165, 1.54) is 15.9 Å². The molecule has 0 atom stereocenters. The van der Waals surface area contributed by atoms with Crippen LogP contribution in [0.15, 0.2) is 91.0 Å². The third kappa shape index (κ3) is 3.24. The van der Waals surface area contributed by atoms with E-state index in [1.54, 1.807) is 0 Å². The van der Waals surface area contributed by atoms with Gasteiger partial charge in [-0.25, -0.2) is 0 Å². The van der Waals surface area contributed by atoms with E-state index in [2.05, 4.69) is 49.0 Å². The maximum absolute atomic E-state index is 12.1. The summed E-state index contributed by atoms with van der Waals surface area (Å²) in [5.41, 5.74) is 0. The molecule has 0 bridgehead atoms. The molecule has 0 unspecified atom stereocenters. The van der Waals surface area contributed by atoms with E-state index in [4.69, 9.17) is 0 Å². The Bertz CT molecular complexity index is 676. The molecule has 0 spiro atoms. The number of thiol groups is 1. The number of rotatable bonds is 5. The van der Waals surface area contributed by atoms with Crippen molar-refractivity contribution in [2.24, 2.45) is 0 Å². The summed E-state index contributed by atoms with van der Waals surface area (Å²) in [6, 6.07) is 31.2. The minimum absolute atomic E-state index is 0.0618. The summed E-state index contributed by atoms with van der Waals surface area (Å²) >= 11 is 4.14. The predicted molar refractivity (Wildman–Crippen MR) is 105 cm³/mol. The van der Waals surface area contributed by atoms with Crippen LogP contribution in [0.25, 0.3) is 0 Å². The van der Waals surface area contributed by atoms with Crippen LogP contribution in [0, 0.1) is 0 Å². The molecule has 0 radical (unpaired) electrons. The van der Waals surface area contributed by atoms with Crippen molar-refractivity contribution in [3.8, 4) is 0 Å². The van der Waals surface area contributed by atoms with E-state index in [0.29, 0.717) is 6.16 Å². The second-order valence-electron chi connectivity index (χ2n) is 5.57. The van der Waals surface area contributed by atoms with Crippen LogP contribution in [0.4, 0.5) is 0 Å². The first kappa shape index (κ1) is 16.0. The summed E-state index contributed by atoms with van der Waals surface area (Å²) in [5, 5.41) is 3.65. The van der Waals surface area contributed by atoms with Crippen molar-refractivity contribution < 1.29 is 4.79 Å². The average Bonchev–Trinajstić information content (AvgIpc) is 2.62. The van der Waals surface area contributed by atoms with Crippen molar-refractivity contribution in [1.82, 2.24) is 0 Å². The maximum atomic E-state index is 12.1. The number of benzene rings is 3. The molecule has 1 nitrogen and oxygen atoms in total.